The van der Waals surface area contributed by atoms with Crippen LogP contribution in [-0.2, 0) is 19.0 Å². The zero-order valence-corrected chi connectivity index (χ0v) is 16.7. The first-order valence-electron chi connectivity index (χ1n) is 8.60. The molecular formula is C18H27F2NO6. The summed E-state index contributed by atoms with van der Waals surface area (Å²) in [5, 5.41) is 0. The molecule has 7 nitrogen and oxygen atoms in total. The number of ether oxygens (including phenoxy) is 3. The van der Waals surface area contributed by atoms with Gasteiger partial charge in [-0.25, -0.2) is 14.4 Å². The average molecular weight is 391 g/mol. The van der Waals surface area contributed by atoms with Gasteiger partial charge in [0.15, 0.2) is 5.54 Å². The van der Waals surface area contributed by atoms with E-state index in [1.54, 1.807) is 41.5 Å². The van der Waals surface area contributed by atoms with Crippen LogP contribution in [0.15, 0.2) is 12.2 Å². The fraction of sp³-hybridized carbons (Fsp3) is 0.722. The lowest BCUT2D eigenvalue weighted by molar-refractivity contribution is -0.151. The Hall–Kier alpha value is -2.19. The second-order valence-corrected chi connectivity index (χ2v) is 8.21. The molecule has 0 radical (unpaired) electrons. The van der Waals surface area contributed by atoms with Crippen LogP contribution in [0.3, 0.4) is 0 Å². The standard InChI is InChI=1S/C18H27F2NO6/c1-8-25-13(22)18(10-11(18)9-12(19)20)21(14(23)26-16(2,3)4)15(24)27-17(5,6)7/h9,11H,8,10H2,1-7H3/t11-,18-/m1/s1. The molecule has 2 amide bonds. The molecule has 154 valence electrons. The van der Waals surface area contributed by atoms with Crippen LogP contribution >= 0.6 is 0 Å². The van der Waals surface area contributed by atoms with E-state index in [2.05, 4.69) is 0 Å². The Labute approximate surface area is 157 Å². The number of hydrogen-bond acceptors (Lipinski definition) is 6. The molecule has 0 aliphatic heterocycles. The summed E-state index contributed by atoms with van der Waals surface area (Å²) in [4.78, 5) is 38.4. The second-order valence-electron chi connectivity index (χ2n) is 8.21. The molecule has 1 rings (SSSR count). The molecule has 1 aliphatic rings. The van der Waals surface area contributed by atoms with Gasteiger partial charge >= 0.3 is 18.2 Å². The number of rotatable bonds is 4. The molecule has 0 aromatic rings. The second kappa shape index (κ2) is 7.82. The van der Waals surface area contributed by atoms with Gasteiger partial charge in [0, 0.05) is 5.92 Å². The van der Waals surface area contributed by atoms with Crippen LogP contribution in [0.1, 0.15) is 54.9 Å². The minimum absolute atomic E-state index is 0.0500. The molecule has 0 saturated heterocycles. The average Bonchev–Trinajstić information content (AvgIpc) is 3.08. The molecule has 27 heavy (non-hydrogen) atoms. The van der Waals surface area contributed by atoms with Crippen LogP contribution in [0.25, 0.3) is 0 Å². The summed E-state index contributed by atoms with van der Waals surface area (Å²) in [5.74, 6) is -2.06. The van der Waals surface area contributed by atoms with Gasteiger partial charge in [-0.1, -0.05) is 0 Å². The third-order valence-corrected chi connectivity index (χ3v) is 3.49. The van der Waals surface area contributed by atoms with Gasteiger partial charge in [-0.3, -0.25) is 0 Å². The van der Waals surface area contributed by atoms with E-state index in [0.29, 0.717) is 11.0 Å². The number of imide groups is 1. The molecule has 0 N–H and O–H groups in total. The molecule has 9 heteroatoms. The minimum atomic E-state index is -2.03. The van der Waals surface area contributed by atoms with E-state index < -0.39 is 46.9 Å². The van der Waals surface area contributed by atoms with Gasteiger partial charge in [0.25, 0.3) is 6.08 Å². The zero-order valence-electron chi connectivity index (χ0n) is 16.7. The summed E-state index contributed by atoms with van der Waals surface area (Å²) in [6, 6.07) is 0. The summed E-state index contributed by atoms with van der Waals surface area (Å²) in [7, 11) is 0. The van der Waals surface area contributed by atoms with Gasteiger partial charge < -0.3 is 14.2 Å². The maximum atomic E-state index is 12.8. The Morgan fingerprint density at radius 3 is 1.81 bits per heavy atom. The Morgan fingerprint density at radius 2 is 1.48 bits per heavy atom. The fourth-order valence-electron chi connectivity index (χ4n) is 2.48. The summed E-state index contributed by atoms with van der Waals surface area (Å²) in [6.45, 7) is 10.9. The van der Waals surface area contributed by atoms with Crippen molar-refractivity contribution in [3.63, 3.8) is 0 Å². The largest absolute Gasteiger partial charge is 0.464 e. The highest BCUT2D eigenvalue weighted by molar-refractivity contribution is 5.99. The van der Waals surface area contributed by atoms with Crippen LogP contribution in [-0.4, -0.2) is 46.4 Å². The number of amides is 2. The van der Waals surface area contributed by atoms with Crippen LogP contribution < -0.4 is 0 Å². The summed E-state index contributed by atoms with van der Waals surface area (Å²) in [5.41, 5.74) is -3.90. The van der Waals surface area contributed by atoms with Crippen LogP contribution in [0.4, 0.5) is 18.4 Å². The topological polar surface area (TPSA) is 82.1 Å². The van der Waals surface area contributed by atoms with Gasteiger partial charge in [-0.15, -0.1) is 0 Å². The number of carbonyl (C=O) groups is 3. The van der Waals surface area contributed by atoms with Crippen molar-refractivity contribution in [3.8, 4) is 0 Å². The Balaban J connectivity index is 3.39. The zero-order chi connectivity index (χ0) is 21.2. The highest BCUT2D eigenvalue weighted by Gasteiger charge is 2.69. The Kier molecular flexibility index (Phi) is 6.62. The molecular weight excluding hydrogens is 364 g/mol. The highest BCUT2D eigenvalue weighted by Crippen LogP contribution is 2.52. The monoisotopic (exact) mass is 391 g/mol. The van der Waals surface area contributed by atoms with Gasteiger partial charge in [0.2, 0.25) is 0 Å². The summed E-state index contributed by atoms with van der Waals surface area (Å²) in [6.07, 6.45) is -4.04. The lowest BCUT2D eigenvalue weighted by Crippen LogP contribution is -2.55. The molecule has 1 aliphatic carbocycles. The van der Waals surface area contributed by atoms with E-state index in [1.165, 1.54) is 6.92 Å². The molecule has 0 aromatic heterocycles. The van der Waals surface area contributed by atoms with Crippen molar-refractivity contribution in [2.75, 3.05) is 6.61 Å². The molecule has 0 aromatic carbocycles. The van der Waals surface area contributed by atoms with E-state index >= 15 is 0 Å². The number of hydrogen-bond donors (Lipinski definition) is 0. The maximum Gasteiger partial charge on any atom is 0.420 e. The molecule has 2 atom stereocenters. The molecule has 0 bridgehead atoms. The number of carbonyl (C=O) groups excluding carboxylic acids is 3. The van der Waals surface area contributed by atoms with E-state index in [9.17, 15) is 23.2 Å². The lowest BCUT2D eigenvalue weighted by atomic mass is 10.1. The van der Waals surface area contributed by atoms with Crippen molar-refractivity contribution < 1.29 is 37.4 Å². The first-order valence-corrected chi connectivity index (χ1v) is 8.60. The molecule has 0 heterocycles. The number of esters is 1. The minimum Gasteiger partial charge on any atom is -0.464 e. The van der Waals surface area contributed by atoms with Crippen molar-refractivity contribution in [3.05, 3.63) is 12.2 Å². The summed E-state index contributed by atoms with van der Waals surface area (Å²) < 4.78 is 40.9. The summed E-state index contributed by atoms with van der Waals surface area (Å²) >= 11 is 0. The normalized spacial score (nSPS) is 21.7. The lowest BCUT2D eigenvalue weighted by Gasteiger charge is -2.33. The highest BCUT2D eigenvalue weighted by atomic mass is 19.3. The SMILES string of the molecule is CCOC(=O)[C@@]1(N(C(=O)OC(C)(C)C)C(=O)OC(C)(C)C)C[C@H]1C=C(F)F. The van der Waals surface area contributed by atoms with Crippen molar-refractivity contribution in [2.24, 2.45) is 5.92 Å². The quantitative estimate of drug-likeness (QED) is 0.526. The predicted molar refractivity (Wildman–Crippen MR) is 92.1 cm³/mol. The van der Waals surface area contributed by atoms with Crippen molar-refractivity contribution >= 4 is 18.2 Å². The third kappa shape index (κ3) is 5.90. The van der Waals surface area contributed by atoms with Crippen molar-refractivity contribution in [1.82, 2.24) is 4.90 Å². The molecule has 0 unspecified atom stereocenters. The maximum absolute atomic E-state index is 12.8. The van der Waals surface area contributed by atoms with Crippen molar-refractivity contribution in [2.45, 2.75) is 71.6 Å². The van der Waals surface area contributed by atoms with Gasteiger partial charge in [-0.2, -0.15) is 13.7 Å². The van der Waals surface area contributed by atoms with Gasteiger partial charge in [-0.05, 0) is 61.0 Å². The first kappa shape index (κ1) is 22.9. The molecule has 1 fully saturated rings. The van der Waals surface area contributed by atoms with E-state index in [-0.39, 0.29) is 13.0 Å². The Morgan fingerprint density at radius 1 is 1.04 bits per heavy atom. The van der Waals surface area contributed by atoms with Crippen LogP contribution in [0.5, 0.6) is 0 Å². The first-order chi connectivity index (χ1) is 12.1. The smallest absolute Gasteiger partial charge is 0.420 e. The molecule has 0 spiro atoms. The number of halogens is 2. The van der Waals surface area contributed by atoms with Gasteiger partial charge in [0.05, 0.1) is 6.61 Å². The van der Waals surface area contributed by atoms with Crippen molar-refractivity contribution in [1.29, 1.82) is 0 Å². The molecule has 1 saturated carbocycles. The predicted octanol–water partition coefficient (Wildman–Crippen LogP) is 4.26. The van der Waals surface area contributed by atoms with Crippen LogP contribution in [0.2, 0.25) is 0 Å². The van der Waals surface area contributed by atoms with E-state index in [1.807, 2.05) is 0 Å². The Bertz CT molecular complexity index is 603. The van der Waals surface area contributed by atoms with E-state index in [4.69, 9.17) is 14.2 Å². The third-order valence-electron chi connectivity index (χ3n) is 3.49. The van der Waals surface area contributed by atoms with E-state index in [0.717, 1.165) is 0 Å². The van der Waals surface area contributed by atoms with Crippen LogP contribution in [0, 0.1) is 5.92 Å². The number of nitrogens with zero attached hydrogens (tertiary/aromatic N) is 1. The fourth-order valence-corrected chi connectivity index (χ4v) is 2.48. The van der Waals surface area contributed by atoms with Gasteiger partial charge in [0.1, 0.15) is 11.2 Å².